The van der Waals surface area contributed by atoms with Crippen molar-refractivity contribution in [2.24, 2.45) is 0 Å². The maximum Gasteiger partial charge on any atom is 0.304 e. The van der Waals surface area contributed by atoms with E-state index in [9.17, 15) is 14.4 Å². The number of H-pyrrole nitrogens is 1. The number of piperazine rings is 1. The number of carbonyl (C=O) groups is 2. The molecule has 0 radical (unpaired) electrons. The number of hydrogen-bond acceptors (Lipinski definition) is 4. The van der Waals surface area contributed by atoms with E-state index in [0.717, 1.165) is 17.8 Å². The highest BCUT2D eigenvalue weighted by molar-refractivity contribution is 7.07. The van der Waals surface area contributed by atoms with E-state index < -0.39 is 12.1 Å². The van der Waals surface area contributed by atoms with Crippen LogP contribution >= 0.6 is 11.3 Å². The first-order valence-electron chi connectivity index (χ1n) is 6.84. The molecule has 1 aliphatic heterocycles. The van der Waals surface area contributed by atoms with Crippen LogP contribution in [0, 0.1) is 0 Å². The van der Waals surface area contributed by atoms with Gasteiger partial charge in [0.05, 0.1) is 6.54 Å². The van der Waals surface area contributed by atoms with E-state index in [-0.39, 0.29) is 23.2 Å². The number of nitrogens with one attached hydrogen (secondary N) is 2. The second kappa shape index (κ2) is 6.21. The first-order chi connectivity index (χ1) is 9.56. The van der Waals surface area contributed by atoms with Crippen LogP contribution in [-0.2, 0) is 16.1 Å². The molecule has 1 fully saturated rings. The van der Waals surface area contributed by atoms with E-state index in [4.69, 9.17) is 0 Å². The van der Waals surface area contributed by atoms with Crippen LogP contribution in [0.25, 0.3) is 0 Å². The van der Waals surface area contributed by atoms with Gasteiger partial charge >= 0.3 is 4.87 Å². The molecule has 20 heavy (non-hydrogen) atoms. The SMILES string of the molecule is CCCC1NC(=O)C(CC)N(Cc2csc(=O)[nH]2)C1=O. The van der Waals surface area contributed by atoms with Crippen molar-refractivity contribution in [2.75, 3.05) is 0 Å². The monoisotopic (exact) mass is 297 g/mol. The summed E-state index contributed by atoms with van der Waals surface area (Å²) in [6, 6.07) is -0.903. The summed E-state index contributed by atoms with van der Waals surface area (Å²) >= 11 is 1.07. The molecule has 0 bridgehead atoms. The smallest absolute Gasteiger partial charge is 0.304 e. The Morgan fingerprint density at radius 2 is 2.05 bits per heavy atom. The Balaban J connectivity index is 2.21. The number of hydrogen-bond donors (Lipinski definition) is 2. The number of aromatic nitrogens is 1. The molecule has 2 amide bonds. The Labute approximate surface area is 121 Å². The van der Waals surface area contributed by atoms with E-state index in [1.54, 1.807) is 10.3 Å². The maximum absolute atomic E-state index is 12.5. The third-order valence-electron chi connectivity index (χ3n) is 3.45. The van der Waals surface area contributed by atoms with Crippen molar-refractivity contribution in [2.45, 2.75) is 51.7 Å². The zero-order valence-electron chi connectivity index (χ0n) is 11.6. The summed E-state index contributed by atoms with van der Waals surface area (Å²) in [6.07, 6.45) is 2.03. The van der Waals surface area contributed by atoms with Gasteiger partial charge in [0.2, 0.25) is 11.8 Å². The van der Waals surface area contributed by atoms with Crippen molar-refractivity contribution in [3.8, 4) is 0 Å². The van der Waals surface area contributed by atoms with Crippen molar-refractivity contribution < 1.29 is 9.59 Å². The first kappa shape index (κ1) is 14.8. The minimum Gasteiger partial charge on any atom is -0.343 e. The molecule has 1 saturated heterocycles. The quantitative estimate of drug-likeness (QED) is 0.845. The zero-order valence-corrected chi connectivity index (χ0v) is 12.5. The normalized spacial score (nSPS) is 23.0. The zero-order chi connectivity index (χ0) is 14.7. The molecule has 2 unspecified atom stereocenters. The minimum absolute atomic E-state index is 0.0645. The Morgan fingerprint density at radius 1 is 1.30 bits per heavy atom. The largest absolute Gasteiger partial charge is 0.343 e. The van der Waals surface area contributed by atoms with Crippen molar-refractivity contribution in [3.63, 3.8) is 0 Å². The summed E-state index contributed by atoms with van der Waals surface area (Å²) < 4.78 is 0. The lowest BCUT2D eigenvalue weighted by Crippen LogP contribution is -2.62. The molecular formula is C13H19N3O3S. The first-order valence-corrected chi connectivity index (χ1v) is 7.72. The van der Waals surface area contributed by atoms with Gasteiger partial charge in [0.25, 0.3) is 0 Å². The summed E-state index contributed by atoms with van der Waals surface area (Å²) in [6.45, 7) is 4.14. The molecule has 1 aromatic heterocycles. The van der Waals surface area contributed by atoms with Crippen molar-refractivity contribution >= 4 is 23.2 Å². The van der Waals surface area contributed by atoms with E-state index in [1.807, 2.05) is 13.8 Å². The fraction of sp³-hybridized carbons (Fsp3) is 0.615. The molecule has 1 aliphatic rings. The second-order valence-electron chi connectivity index (χ2n) is 4.91. The molecule has 2 heterocycles. The van der Waals surface area contributed by atoms with Gasteiger partial charge in [-0.1, -0.05) is 31.6 Å². The highest BCUT2D eigenvalue weighted by Crippen LogP contribution is 2.18. The van der Waals surface area contributed by atoms with Crippen LogP contribution in [0.5, 0.6) is 0 Å². The number of amides is 2. The lowest BCUT2D eigenvalue weighted by atomic mass is 10.0. The molecule has 2 N–H and O–H groups in total. The van der Waals surface area contributed by atoms with Crippen LogP contribution in [0.3, 0.4) is 0 Å². The van der Waals surface area contributed by atoms with Gasteiger partial charge in [-0.3, -0.25) is 14.4 Å². The standard InChI is InChI=1S/C13H19N3O3S/c1-3-5-9-12(18)16(10(4-2)11(17)15-9)6-8-7-20-13(19)14-8/h7,9-10H,3-6H2,1-2H3,(H,14,19)(H,15,17). The minimum atomic E-state index is -0.459. The fourth-order valence-electron chi connectivity index (χ4n) is 2.48. The summed E-state index contributed by atoms with van der Waals surface area (Å²) in [4.78, 5) is 39.8. The lowest BCUT2D eigenvalue weighted by molar-refractivity contribution is -0.150. The predicted molar refractivity (Wildman–Crippen MR) is 76.4 cm³/mol. The summed E-state index contributed by atoms with van der Waals surface area (Å²) in [7, 11) is 0. The van der Waals surface area contributed by atoms with Crippen LogP contribution in [0.4, 0.5) is 0 Å². The molecule has 6 nitrogen and oxygen atoms in total. The van der Waals surface area contributed by atoms with Crippen molar-refractivity contribution in [3.05, 3.63) is 20.7 Å². The van der Waals surface area contributed by atoms with Crippen LogP contribution in [0.2, 0.25) is 0 Å². The Hall–Kier alpha value is -1.63. The van der Waals surface area contributed by atoms with Crippen LogP contribution < -0.4 is 10.2 Å². The average molecular weight is 297 g/mol. The topological polar surface area (TPSA) is 82.3 Å². The number of rotatable bonds is 5. The highest BCUT2D eigenvalue weighted by atomic mass is 32.1. The van der Waals surface area contributed by atoms with Gasteiger partial charge in [0, 0.05) is 11.1 Å². The predicted octanol–water partition coefficient (Wildman–Crippen LogP) is 0.842. The molecule has 110 valence electrons. The number of thiazole rings is 1. The molecule has 0 spiro atoms. The van der Waals surface area contributed by atoms with Crippen LogP contribution in [-0.4, -0.2) is 33.8 Å². The van der Waals surface area contributed by atoms with Crippen LogP contribution in [0.15, 0.2) is 10.2 Å². The van der Waals surface area contributed by atoms with Gasteiger partial charge in [-0.15, -0.1) is 0 Å². The number of carbonyl (C=O) groups excluding carboxylic acids is 2. The Bertz CT molecular complexity index is 551. The van der Waals surface area contributed by atoms with Gasteiger partial charge in [-0.05, 0) is 12.8 Å². The van der Waals surface area contributed by atoms with Gasteiger partial charge in [-0.2, -0.15) is 0 Å². The van der Waals surface area contributed by atoms with E-state index >= 15 is 0 Å². The lowest BCUT2D eigenvalue weighted by Gasteiger charge is -2.38. The third kappa shape index (κ3) is 2.92. The molecule has 1 aromatic rings. The maximum atomic E-state index is 12.5. The van der Waals surface area contributed by atoms with Gasteiger partial charge in [0.1, 0.15) is 12.1 Å². The Morgan fingerprint density at radius 3 is 2.60 bits per heavy atom. The van der Waals surface area contributed by atoms with E-state index in [1.165, 1.54) is 0 Å². The fourth-order valence-corrected chi connectivity index (χ4v) is 3.05. The molecule has 2 atom stereocenters. The van der Waals surface area contributed by atoms with E-state index in [2.05, 4.69) is 10.3 Å². The number of nitrogens with zero attached hydrogens (tertiary/aromatic N) is 1. The summed E-state index contributed by atoms with van der Waals surface area (Å²) in [5, 5.41) is 4.49. The summed E-state index contributed by atoms with van der Waals surface area (Å²) in [5.41, 5.74) is 0.678. The molecular weight excluding hydrogens is 278 g/mol. The molecule has 2 rings (SSSR count). The van der Waals surface area contributed by atoms with Gasteiger partial charge in [0.15, 0.2) is 0 Å². The molecule has 0 aliphatic carbocycles. The third-order valence-corrected chi connectivity index (χ3v) is 4.17. The Kier molecular flexibility index (Phi) is 4.59. The molecule has 0 aromatic carbocycles. The molecule has 0 saturated carbocycles. The summed E-state index contributed by atoms with van der Waals surface area (Å²) in [5.74, 6) is -0.173. The second-order valence-corrected chi connectivity index (χ2v) is 5.76. The van der Waals surface area contributed by atoms with Crippen LogP contribution in [0.1, 0.15) is 38.8 Å². The number of aromatic amines is 1. The van der Waals surface area contributed by atoms with Gasteiger partial charge < -0.3 is 15.2 Å². The highest BCUT2D eigenvalue weighted by Gasteiger charge is 2.39. The van der Waals surface area contributed by atoms with Gasteiger partial charge in [-0.25, -0.2) is 0 Å². The average Bonchev–Trinajstić information content (AvgIpc) is 2.81. The van der Waals surface area contributed by atoms with Crippen molar-refractivity contribution in [1.82, 2.24) is 15.2 Å². The van der Waals surface area contributed by atoms with E-state index in [0.29, 0.717) is 18.5 Å². The van der Waals surface area contributed by atoms with Crippen molar-refractivity contribution in [1.29, 1.82) is 0 Å². The molecule has 7 heteroatoms.